The minimum atomic E-state index is -0.954. The van der Waals surface area contributed by atoms with Crippen LogP contribution in [0, 0.1) is 6.92 Å². The summed E-state index contributed by atoms with van der Waals surface area (Å²) in [5.41, 5.74) is 2.74. The van der Waals surface area contributed by atoms with E-state index in [0.717, 1.165) is 11.3 Å². The second-order valence-corrected chi connectivity index (χ2v) is 4.44. The van der Waals surface area contributed by atoms with Gasteiger partial charge in [0.05, 0.1) is 17.6 Å². The van der Waals surface area contributed by atoms with E-state index in [4.69, 9.17) is 16.7 Å². The maximum Gasteiger partial charge on any atom is 0.339 e. The van der Waals surface area contributed by atoms with Crippen molar-refractivity contribution >= 4 is 17.6 Å². The number of carboxylic acid groups (broad SMARTS) is 1. The molecule has 0 amide bonds. The highest BCUT2D eigenvalue weighted by Gasteiger charge is 2.16. The monoisotopic (exact) mass is 264 g/mol. The Morgan fingerprint density at radius 2 is 2.22 bits per heavy atom. The van der Waals surface area contributed by atoms with Gasteiger partial charge in [0.2, 0.25) is 0 Å². The largest absolute Gasteiger partial charge is 0.478 e. The van der Waals surface area contributed by atoms with Gasteiger partial charge in [0.15, 0.2) is 0 Å². The molecule has 0 saturated carbocycles. The normalized spacial score (nSPS) is 10.6. The first-order valence-electron chi connectivity index (χ1n) is 5.61. The van der Waals surface area contributed by atoms with Crippen molar-refractivity contribution in [3.8, 4) is 5.69 Å². The Labute approximate surface area is 110 Å². The van der Waals surface area contributed by atoms with Crippen molar-refractivity contribution < 1.29 is 9.90 Å². The number of benzene rings is 1. The summed E-state index contributed by atoms with van der Waals surface area (Å²) in [4.78, 5) is 11.1. The molecule has 2 rings (SSSR count). The number of hydrogen-bond acceptors (Lipinski definition) is 2. The van der Waals surface area contributed by atoms with E-state index >= 15 is 0 Å². The number of carboxylic acids is 1. The van der Waals surface area contributed by atoms with Gasteiger partial charge >= 0.3 is 5.97 Å². The van der Waals surface area contributed by atoms with Crippen LogP contribution in [-0.4, -0.2) is 20.9 Å². The summed E-state index contributed by atoms with van der Waals surface area (Å²) in [7, 11) is 0. The number of aromatic carboxylic acids is 1. The molecule has 0 bridgehead atoms. The molecular weight excluding hydrogens is 252 g/mol. The van der Waals surface area contributed by atoms with E-state index < -0.39 is 5.97 Å². The molecule has 5 heteroatoms. The summed E-state index contributed by atoms with van der Waals surface area (Å²) < 4.78 is 1.66. The van der Waals surface area contributed by atoms with Crippen LogP contribution in [-0.2, 0) is 6.42 Å². The number of hydrogen-bond donors (Lipinski definition) is 1. The number of aromatic nitrogens is 2. The first-order valence-corrected chi connectivity index (χ1v) is 5.99. The Kier molecular flexibility index (Phi) is 3.39. The number of aryl methyl sites for hydroxylation is 1. The Hall–Kier alpha value is -1.81. The second kappa shape index (κ2) is 4.82. The van der Waals surface area contributed by atoms with E-state index in [1.54, 1.807) is 10.7 Å². The molecule has 0 spiro atoms. The third kappa shape index (κ3) is 2.11. The molecule has 0 fully saturated rings. The van der Waals surface area contributed by atoms with Crippen molar-refractivity contribution in [2.45, 2.75) is 20.3 Å². The van der Waals surface area contributed by atoms with Crippen LogP contribution in [0.25, 0.3) is 5.69 Å². The molecule has 0 aliphatic rings. The van der Waals surface area contributed by atoms with E-state index in [9.17, 15) is 4.79 Å². The third-order valence-corrected chi connectivity index (χ3v) is 3.06. The zero-order chi connectivity index (χ0) is 13.3. The lowest BCUT2D eigenvalue weighted by molar-refractivity contribution is 0.0695. The van der Waals surface area contributed by atoms with Gasteiger partial charge in [-0.1, -0.05) is 18.5 Å². The van der Waals surface area contributed by atoms with Crippen molar-refractivity contribution in [2.24, 2.45) is 0 Å². The maximum atomic E-state index is 11.1. The van der Waals surface area contributed by atoms with Gasteiger partial charge in [-0.2, -0.15) is 5.10 Å². The molecule has 1 N–H and O–H groups in total. The predicted molar refractivity (Wildman–Crippen MR) is 69.6 cm³/mol. The van der Waals surface area contributed by atoms with Gasteiger partial charge in [-0.25, -0.2) is 9.48 Å². The smallest absolute Gasteiger partial charge is 0.339 e. The van der Waals surface area contributed by atoms with Gasteiger partial charge in [0.25, 0.3) is 0 Å². The van der Waals surface area contributed by atoms with Crippen LogP contribution in [0.5, 0.6) is 0 Å². The average molecular weight is 265 g/mol. The van der Waals surface area contributed by atoms with Crippen molar-refractivity contribution in [1.29, 1.82) is 0 Å². The lowest BCUT2D eigenvalue weighted by Crippen LogP contribution is -2.06. The highest BCUT2D eigenvalue weighted by atomic mass is 35.5. The Morgan fingerprint density at radius 3 is 2.78 bits per heavy atom. The van der Waals surface area contributed by atoms with Gasteiger partial charge in [-0.3, -0.25) is 0 Å². The van der Waals surface area contributed by atoms with Crippen LogP contribution in [0.15, 0.2) is 24.4 Å². The van der Waals surface area contributed by atoms with Crippen LogP contribution >= 0.6 is 11.6 Å². The van der Waals surface area contributed by atoms with Gasteiger partial charge in [0, 0.05) is 5.02 Å². The molecule has 4 nitrogen and oxygen atoms in total. The van der Waals surface area contributed by atoms with Crippen molar-refractivity contribution in [1.82, 2.24) is 9.78 Å². The van der Waals surface area contributed by atoms with Crippen LogP contribution in [0.1, 0.15) is 28.5 Å². The zero-order valence-electron chi connectivity index (χ0n) is 10.1. The highest BCUT2D eigenvalue weighted by molar-refractivity contribution is 6.30. The van der Waals surface area contributed by atoms with Gasteiger partial charge in [0.1, 0.15) is 5.56 Å². The predicted octanol–water partition coefficient (Wildman–Crippen LogP) is 3.09. The van der Waals surface area contributed by atoms with Gasteiger partial charge < -0.3 is 5.11 Å². The SMILES string of the molecule is CCc1c(C(=O)O)cnn1-c1ccc(Cl)cc1C. The molecule has 18 heavy (non-hydrogen) atoms. The molecule has 1 aromatic carbocycles. The van der Waals surface area contributed by atoms with E-state index in [0.29, 0.717) is 17.1 Å². The van der Waals surface area contributed by atoms with Crippen LogP contribution in [0.2, 0.25) is 5.02 Å². The zero-order valence-corrected chi connectivity index (χ0v) is 10.9. The topological polar surface area (TPSA) is 55.1 Å². The van der Waals surface area contributed by atoms with Gasteiger partial charge in [-0.15, -0.1) is 0 Å². The number of nitrogens with zero attached hydrogens (tertiary/aromatic N) is 2. The summed E-state index contributed by atoms with van der Waals surface area (Å²) in [6.45, 7) is 3.83. The van der Waals surface area contributed by atoms with Crippen LogP contribution in [0.4, 0.5) is 0 Å². The molecular formula is C13H13ClN2O2. The number of halogens is 1. The molecule has 0 radical (unpaired) electrons. The summed E-state index contributed by atoms with van der Waals surface area (Å²) in [5, 5.41) is 13.9. The molecule has 94 valence electrons. The summed E-state index contributed by atoms with van der Waals surface area (Å²) in [6.07, 6.45) is 1.99. The summed E-state index contributed by atoms with van der Waals surface area (Å²) in [5.74, 6) is -0.954. The van der Waals surface area contributed by atoms with Crippen LogP contribution < -0.4 is 0 Å². The second-order valence-electron chi connectivity index (χ2n) is 4.01. The fourth-order valence-electron chi connectivity index (χ4n) is 1.96. The first-order chi connectivity index (χ1) is 8.54. The average Bonchev–Trinajstić information content (AvgIpc) is 2.72. The lowest BCUT2D eigenvalue weighted by Gasteiger charge is -2.10. The summed E-state index contributed by atoms with van der Waals surface area (Å²) in [6, 6.07) is 5.44. The Balaban J connectivity index is 2.60. The van der Waals surface area contributed by atoms with Crippen LogP contribution in [0.3, 0.4) is 0 Å². The van der Waals surface area contributed by atoms with Crippen molar-refractivity contribution in [3.05, 3.63) is 46.2 Å². The van der Waals surface area contributed by atoms with Crippen molar-refractivity contribution in [2.75, 3.05) is 0 Å². The molecule has 1 aromatic heterocycles. The van der Waals surface area contributed by atoms with E-state index in [2.05, 4.69) is 5.10 Å². The summed E-state index contributed by atoms with van der Waals surface area (Å²) >= 11 is 5.91. The van der Waals surface area contributed by atoms with E-state index in [1.807, 2.05) is 26.0 Å². The van der Waals surface area contributed by atoms with E-state index in [1.165, 1.54) is 6.20 Å². The molecule has 0 aliphatic carbocycles. The quantitative estimate of drug-likeness (QED) is 0.927. The van der Waals surface area contributed by atoms with Crippen molar-refractivity contribution in [3.63, 3.8) is 0 Å². The minimum absolute atomic E-state index is 0.242. The first kappa shape index (κ1) is 12.6. The van der Waals surface area contributed by atoms with E-state index in [-0.39, 0.29) is 5.56 Å². The molecule has 0 unspecified atom stereocenters. The number of carbonyl (C=O) groups is 1. The molecule has 1 heterocycles. The molecule has 0 atom stereocenters. The third-order valence-electron chi connectivity index (χ3n) is 2.82. The highest BCUT2D eigenvalue weighted by Crippen LogP contribution is 2.21. The molecule has 0 saturated heterocycles. The molecule has 2 aromatic rings. The lowest BCUT2D eigenvalue weighted by atomic mass is 10.1. The fraction of sp³-hybridized carbons (Fsp3) is 0.231. The molecule has 0 aliphatic heterocycles. The minimum Gasteiger partial charge on any atom is -0.478 e. The maximum absolute atomic E-state index is 11.1. The van der Waals surface area contributed by atoms with Gasteiger partial charge in [-0.05, 0) is 37.1 Å². The Bertz CT molecular complexity index is 605. The standard InChI is InChI=1S/C13H13ClN2O2/c1-3-11-10(13(17)18)7-15-16(11)12-5-4-9(14)6-8(12)2/h4-7H,3H2,1-2H3,(H,17,18). The fourth-order valence-corrected chi connectivity index (χ4v) is 2.18. The number of rotatable bonds is 3. The Morgan fingerprint density at radius 1 is 1.50 bits per heavy atom.